The van der Waals surface area contributed by atoms with E-state index in [1.54, 1.807) is 18.3 Å². The van der Waals surface area contributed by atoms with Gasteiger partial charge in [-0.15, -0.1) is 0 Å². The molecule has 0 saturated carbocycles. The highest BCUT2D eigenvalue weighted by Crippen LogP contribution is 2.35. The highest BCUT2D eigenvalue weighted by molar-refractivity contribution is 5.93. The predicted octanol–water partition coefficient (Wildman–Crippen LogP) is 5.33. The lowest BCUT2D eigenvalue weighted by atomic mass is 9.83. The van der Waals surface area contributed by atoms with Gasteiger partial charge in [-0.05, 0) is 115 Å². The first-order valence-electron chi connectivity index (χ1n) is 22.0. The van der Waals surface area contributed by atoms with E-state index in [1.807, 2.05) is 18.2 Å². The molecule has 0 spiro atoms. The molecular weight excluding hydrogens is 773 g/mol. The molecule has 8 heterocycles. The number of ether oxygens (including phenoxy) is 2. The molecule has 61 heavy (non-hydrogen) atoms. The van der Waals surface area contributed by atoms with Crippen molar-refractivity contribution in [3.05, 3.63) is 60.9 Å². The summed E-state index contributed by atoms with van der Waals surface area (Å²) in [7, 11) is 0. The van der Waals surface area contributed by atoms with Crippen LogP contribution in [0.3, 0.4) is 0 Å². The minimum Gasteiger partial charge on any atom is -0.385 e. The Labute approximate surface area is 358 Å². The van der Waals surface area contributed by atoms with Crippen LogP contribution in [-0.4, -0.2) is 105 Å². The van der Waals surface area contributed by atoms with E-state index in [2.05, 4.69) is 83.7 Å². The number of carbonyl (C=O) groups is 2. The van der Waals surface area contributed by atoms with Gasteiger partial charge in [0.05, 0.1) is 45.8 Å². The molecule has 16 heteroatoms. The Kier molecular flexibility index (Phi) is 13.4. The van der Waals surface area contributed by atoms with Gasteiger partial charge in [0.25, 0.3) is 0 Å². The van der Waals surface area contributed by atoms with Crippen LogP contribution in [0, 0.1) is 23.7 Å². The lowest BCUT2D eigenvalue weighted by molar-refractivity contribution is -0.120. The molecule has 3 unspecified atom stereocenters. The Morgan fingerprint density at radius 1 is 0.689 bits per heavy atom. The highest BCUT2D eigenvalue weighted by atomic mass is 16.5. The van der Waals surface area contributed by atoms with Gasteiger partial charge in [-0.1, -0.05) is 0 Å². The second kappa shape index (κ2) is 19.3. The Balaban J connectivity index is 0.936. The van der Waals surface area contributed by atoms with Gasteiger partial charge in [-0.3, -0.25) is 19.6 Å². The summed E-state index contributed by atoms with van der Waals surface area (Å²) in [6.45, 7) is 12.6. The van der Waals surface area contributed by atoms with Crippen molar-refractivity contribution in [3.8, 4) is 22.8 Å². The van der Waals surface area contributed by atoms with Crippen LogP contribution in [0.4, 0.5) is 23.0 Å². The number of anilines is 4. The van der Waals surface area contributed by atoms with Gasteiger partial charge >= 0.3 is 0 Å². The zero-order valence-electron chi connectivity index (χ0n) is 35.6. The summed E-state index contributed by atoms with van der Waals surface area (Å²) >= 11 is 0. The maximum atomic E-state index is 12.9. The first-order valence-corrected chi connectivity index (χ1v) is 22.0. The van der Waals surface area contributed by atoms with Gasteiger partial charge in [0, 0.05) is 81.2 Å². The van der Waals surface area contributed by atoms with Gasteiger partial charge in [0.15, 0.2) is 0 Å². The maximum absolute atomic E-state index is 12.9. The molecule has 324 valence electrons. The number of piperidine rings is 1. The van der Waals surface area contributed by atoms with E-state index in [0.29, 0.717) is 72.4 Å². The zero-order chi connectivity index (χ0) is 42.2. The summed E-state index contributed by atoms with van der Waals surface area (Å²) < 4.78 is 12.5. The lowest BCUT2D eigenvalue weighted by Gasteiger charge is -2.38. The van der Waals surface area contributed by atoms with E-state index in [-0.39, 0.29) is 29.3 Å². The van der Waals surface area contributed by atoms with Crippen LogP contribution in [0.1, 0.15) is 71.4 Å². The summed E-state index contributed by atoms with van der Waals surface area (Å²) in [6.07, 6.45) is 11.8. The van der Waals surface area contributed by atoms with Crippen LogP contribution in [0.15, 0.2) is 55.2 Å². The molecule has 4 fully saturated rings. The van der Waals surface area contributed by atoms with Crippen molar-refractivity contribution in [1.82, 2.24) is 40.5 Å². The summed E-state index contributed by atoms with van der Waals surface area (Å²) in [4.78, 5) is 53.2. The molecule has 4 aliphatic heterocycles. The van der Waals surface area contributed by atoms with Crippen molar-refractivity contribution >= 4 is 34.8 Å². The second-order valence-corrected chi connectivity index (χ2v) is 18.0. The number of pyridine rings is 2. The first kappa shape index (κ1) is 42.5. The number of hydrogen-bond donors (Lipinski definition) is 6. The van der Waals surface area contributed by atoms with Crippen molar-refractivity contribution in [3.63, 3.8) is 0 Å². The third kappa shape index (κ3) is 11.6. The average Bonchev–Trinajstić information content (AvgIpc) is 3.81. The summed E-state index contributed by atoms with van der Waals surface area (Å²) in [6, 6.07) is 11.7. The number of aromatic nitrogens is 6. The van der Waals surface area contributed by atoms with E-state index in [4.69, 9.17) is 14.5 Å². The first-order chi connectivity index (χ1) is 29.5. The minimum atomic E-state index is -0.447. The third-order valence-electron chi connectivity index (χ3n) is 12.3. The number of rotatable bonds is 14. The molecule has 0 aromatic carbocycles. The number of nitrogens with zero attached hydrogens (tertiary/aromatic N) is 6. The van der Waals surface area contributed by atoms with Crippen LogP contribution >= 0.6 is 0 Å². The van der Waals surface area contributed by atoms with Crippen molar-refractivity contribution in [2.75, 3.05) is 73.7 Å². The Morgan fingerprint density at radius 3 is 1.98 bits per heavy atom. The van der Waals surface area contributed by atoms with Crippen LogP contribution in [0.5, 0.6) is 0 Å². The molecule has 4 saturated heterocycles. The van der Waals surface area contributed by atoms with Gasteiger partial charge in [-0.2, -0.15) is 0 Å². The van der Waals surface area contributed by atoms with E-state index in [0.717, 1.165) is 94.8 Å². The molecular formula is C45H60N12O4. The third-order valence-corrected chi connectivity index (χ3v) is 12.3. The lowest BCUT2D eigenvalue weighted by Crippen LogP contribution is -2.41. The number of amides is 2. The topological polar surface area (TPSA) is 202 Å². The van der Waals surface area contributed by atoms with E-state index in [9.17, 15) is 9.59 Å². The van der Waals surface area contributed by atoms with Crippen molar-refractivity contribution in [1.29, 1.82) is 0 Å². The van der Waals surface area contributed by atoms with E-state index < -0.39 is 5.60 Å². The molecule has 4 aromatic rings. The zero-order valence-corrected chi connectivity index (χ0v) is 35.6. The number of nitrogens with one attached hydrogen (secondary N) is 6. The smallest absolute Gasteiger partial charge is 0.229 e. The van der Waals surface area contributed by atoms with Gasteiger partial charge < -0.3 is 41.4 Å². The van der Waals surface area contributed by atoms with Gasteiger partial charge in [0.2, 0.25) is 11.8 Å². The van der Waals surface area contributed by atoms with Gasteiger partial charge in [-0.25, -0.2) is 19.9 Å². The summed E-state index contributed by atoms with van der Waals surface area (Å²) in [5.41, 5.74) is 4.90. The Hall–Kier alpha value is -5.16. The Bertz CT molecular complexity index is 2140. The largest absolute Gasteiger partial charge is 0.385 e. The van der Waals surface area contributed by atoms with Crippen molar-refractivity contribution < 1.29 is 19.1 Å². The summed E-state index contributed by atoms with van der Waals surface area (Å²) in [5.74, 6) is 1.55. The van der Waals surface area contributed by atoms with Crippen LogP contribution in [0.2, 0.25) is 0 Å². The number of carbonyl (C=O) groups excluding carboxylic acids is 2. The molecule has 6 N–H and O–H groups in total. The fourth-order valence-electron chi connectivity index (χ4n) is 9.12. The fourth-order valence-corrected chi connectivity index (χ4v) is 9.12. The van der Waals surface area contributed by atoms with Crippen molar-refractivity contribution in [2.45, 2.75) is 83.3 Å². The molecule has 0 bridgehead atoms. The molecule has 16 nitrogen and oxygen atoms in total. The molecule has 2 amide bonds. The molecule has 0 aliphatic carbocycles. The molecule has 8 rings (SSSR count). The molecule has 5 atom stereocenters. The van der Waals surface area contributed by atoms with E-state index >= 15 is 0 Å². The monoisotopic (exact) mass is 832 g/mol. The van der Waals surface area contributed by atoms with E-state index in [1.165, 1.54) is 12.7 Å². The molecule has 4 aliphatic rings. The highest BCUT2D eigenvalue weighted by Gasteiger charge is 2.35. The van der Waals surface area contributed by atoms with Crippen LogP contribution < -0.4 is 31.9 Å². The fraction of sp³-hybridized carbons (Fsp3) is 0.556. The van der Waals surface area contributed by atoms with Crippen molar-refractivity contribution in [2.24, 2.45) is 23.7 Å². The van der Waals surface area contributed by atoms with Crippen LogP contribution in [0.25, 0.3) is 22.8 Å². The Morgan fingerprint density at radius 2 is 1.31 bits per heavy atom. The SMILES string of the molecule is CC1(C)CC(CNc2cc(CC3(C)CC(CNc4ccnc(-c5cc(NC(=O)[C@@H]6CCCNC6)ncn5)c4)CCO3)nc(-c3cc(NC(=O)[C@@H]4CCNC4)ncn3)c2)CCO1. The average molecular weight is 833 g/mol. The predicted molar refractivity (Wildman–Crippen MR) is 235 cm³/mol. The summed E-state index contributed by atoms with van der Waals surface area (Å²) in [5, 5.41) is 19.9. The number of hydrogen-bond acceptors (Lipinski definition) is 14. The molecule has 0 radical (unpaired) electrons. The second-order valence-electron chi connectivity index (χ2n) is 18.0. The molecule has 4 aromatic heterocycles. The quantitative estimate of drug-likeness (QED) is 0.0952. The maximum Gasteiger partial charge on any atom is 0.229 e. The normalized spacial score (nSPS) is 25.0. The minimum absolute atomic E-state index is 0.0297. The van der Waals surface area contributed by atoms with Gasteiger partial charge in [0.1, 0.15) is 24.3 Å². The standard InChI is InChI=1S/C45H60N12O4/c1-44(2)20-29(8-13-60-44)23-50-34-15-35(55-39(17-34)38-19-41(54-28-52-38)57-43(59)32-6-11-47-26-32)22-45(3)21-30(9-14-61-45)24-49-33-7-12-48-36(16-33)37-18-40(53-27-51-37)56-42(58)31-5-4-10-46-25-31/h7,12,15-19,27-32,46-47H,4-6,8-11,13-14,20-26H2,1-3H3,(H,48,49)(H,50,55)(H,51,53,56,58)(H,52,54,57,59)/t29?,30?,31-,32-,45?/m1/s1. The van der Waals surface area contributed by atoms with Crippen LogP contribution in [-0.2, 0) is 25.5 Å².